The normalized spacial score (nSPS) is 16.6. The van der Waals surface area contributed by atoms with Crippen molar-refractivity contribution in [3.8, 4) is 5.69 Å². The number of aromatic nitrogens is 1. The Labute approximate surface area is 181 Å². The second kappa shape index (κ2) is 7.98. The highest BCUT2D eigenvalue weighted by molar-refractivity contribution is 5.97. The quantitative estimate of drug-likeness (QED) is 0.646. The molecule has 0 spiro atoms. The minimum absolute atomic E-state index is 0.0174. The highest BCUT2D eigenvalue weighted by atomic mass is 19.1. The molecule has 1 saturated heterocycles. The SMILES string of the molecule is Cc1c(F)c(N2CCNC(C)C2)c(C)c2c1c(=O)c(C(=O)O)cn2-c1ccc(F)cc1F. The first-order valence-corrected chi connectivity index (χ1v) is 10.2. The summed E-state index contributed by atoms with van der Waals surface area (Å²) in [7, 11) is 0. The van der Waals surface area contributed by atoms with Crippen molar-refractivity contribution in [2.75, 3.05) is 24.5 Å². The van der Waals surface area contributed by atoms with Crippen molar-refractivity contribution in [2.45, 2.75) is 26.8 Å². The molecule has 1 atom stereocenters. The van der Waals surface area contributed by atoms with Gasteiger partial charge in [-0.05, 0) is 32.9 Å². The molecule has 2 aromatic carbocycles. The van der Waals surface area contributed by atoms with E-state index in [-0.39, 0.29) is 33.9 Å². The summed E-state index contributed by atoms with van der Waals surface area (Å²) in [5, 5.41) is 12.7. The second-order valence-electron chi connectivity index (χ2n) is 8.08. The molecule has 6 nitrogen and oxygen atoms in total. The molecule has 168 valence electrons. The number of carboxylic acids is 1. The maximum atomic E-state index is 15.6. The molecular weight excluding hydrogens is 423 g/mol. The number of aryl methyl sites for hydroxylation is 2. The molecule has 3 aromatic rings. The van der Waals surface area contributed by atoms with Crippen LogP contribution < -0.4 is 15.6 Å². The molecule has 1 aliphatic heterocycles. The fraction of sp³-hybridized carbons (Fsp3) is 0.304. The van der Waals surface area contributed by atoms with Gasteiger partial charge in [-0.2, -0.15) is 0 Å². The molecule has 0 saturated carbocycles. The van der Waals surface area contributed by atoms with Gasteiger partial charge in [0.15, 0.2) is 5.82 Å². The second-order valence-corrected chi connectivity index (χ2v) is 8.08. The Morgan fingerprint density at radius 1 is 1.19 bits per heavy atom. The van der Waals surface area contributed by atoms with E-state index < -0.39 is 34.4 Å². The number of rotatable bonds is 3. The van der Waals surface area contributed by atoms with Crippen molar-refractivity contribution in [1.29, 1.82) is 0 Å². The number of hydrogen-bond donors (Lipinski definition) is 2. The van der Waals surface area contributed by atoms with Gasteiger partial charge in [-0.15, -0.1) is 0 Å². The van der Waals surface area contributed by atoms with Crippen molar-refractivity contribution >= 4 is 22.6 Å². The van der Waals surface area contributed by atoms with Crippen LogP contribution in [0.3, 0.4) is 0 Å². The summed E-state index contributed by atoms with van der Waals surface area (Å²) in [6.45, 7) is 6.67. The number of anilines is 1. The van der Waals surface area contributed by atoms with E-state index in [9.17, 15) is 23.5 Å². The highest BCUT2D eigenvalue weighted by Crippen LogP contribution is 2.36. The van der Waals surface area contributed by atoms with Crippen molar-refractivity contribution in [3.05, 3.63) is 68.8 Å². The van der Waals surface area contributed by atoms with Gasteiger partial charge in [-0.3, -0.25) is 4.79 Å². The molecule has 9 heteroatoms. The first kappa shape index (κ1) is 21.9. The average molecular weight is 445 g/mol. The van der Waals surface area contributed by atoms with Gasteiger partial charge in [0.25, 0.3) is 0 Å². The number of nitrogens with one attached hydrogen (secondary N) is 1. The highest BCUT2D eigenvalue weighted by Gasteiger charge is 2.28. The van der Waals surface area contributed by atoms with Crippen molar-refractivity contribution < 1.29 is 23.1 Å². The monoisotopic (exact) mass is 445 g/mol. The zero-order valence-corrected chi connectivity index (χ0v) is 17.8. The van der Waals surface area contributed by atoms with Crippen LogP contribution in [0.5, 0.6) is 0 Å². The van der Waals surface area contributed by atoms with Gasteiger partial charge < -0.3 is 19.9 Å². The smallest absolute Gasteiger partial charge is 0.341 e. The standard InChI is InChI=1S/C23H22F3N3O3/c1-11-9-28(7-6-27-11)21-13(3)20-18(12(2)19(21)26)22(30)15(23(31)32)10-29(20)17-5-4-14(24)8-16(17)25/h4-5,8,10-11,27H,6-7,9H2,1-3H3,(H,31,32). The lowest BCUT2D eigenvalue weighted by atomic mass is 9.98. The Morgan fingerprint density at radius 2 is 1.91 bits per heavy atom. The Kier molecular flexibility index (Phi) is 5.46. The summed E-state index contributed by atoms with van der Waals surface area (Å²) in [5.74, 6) is -3.88. The first-order valence-electron chi connectivity index (χ1n) is 10.2. The summed E-state index contributed by atoms with van der Waals surface area (Å²) in [4.78, 5) is 26.6. The zero-order chi connectivity index (χ0) is 23.3. The predicted molar refractivity (Wildman–Crippen MR) is 116 cm³/mol. The number of fused-ring (bicyclic) bond motifs is 1. The van der Waals surface area contributed by atoms with Gasteiger partial charge >= 0.3 is 5.97 Å². The van der Waals surface area contributed by atoms with Gasteiger partial charge in [0, 0.05) is 49.1 Å². The van der Waals surface area contributed by atoms with E-state index in [1.54, 1.807) is 6.92 Å². The molecule has 1 fully saturated rings. The van der Waals surface area contributed by atoms with E-state index in [4.69, 9.17) is 0 Å². The van der Waals surface area contributed by atoms with Crippen LogP contribution in [0.4, 0.5) is 18.9 Å². The van der Waals surface area contributed by atoms with Gasteiger partial charge in [-0.25, -0.2) is 18.0 Å². The van der Waals surface area contributed by atoms with Gasteiger partial charge in [-0.1, -0.05) is 0 Å². The summed E-state index contributed by atoms with van der Waals surface area (Å²) in [6.07, 6.45) is 1.01. The van der Waals surface area contributed by atoms with Crippen LogP contribution >= 0.6 is 0 Å². The molecule has 1 unspecified atom stereocenters. The Bertz CT molecular complexity index is 1320. The number of carbonyl (C=O) groups is 1. The molecule has 2 heterocycles. The minimum Gasteiger partial charge on any atom is -0.477 e. The molecule has 0 aliphatic carbocycles. The fourth-order valence-corrected chi connectivity index (χ4v) is 4.43. The van der Waals surface area contributed by atoms with E-state index in [0.717, 1.165) is 18.3 Å². The van der Waals surface area contributed by atoms with Gasteiger partial charge in [0.2, 0.25) is 5.43 Å². The molecule has 4 rings (SSSR count). The molecule has 1 aromatic heterocycles. The van der Waals surface area contributed by atoms with E-state index in [0.29, 0.717) is 31.3 Å². The predicted octanol–water partition coefficient (Wildman–Crippen LogP) is 3.52. The third kappa shape index (κ3) is 3.42. The van der Waals surface area contributed by atoms with Crippen LogP contribution in [0, 0.1) is 31.3 Å². The maximum absolute atomic E-state index is 15.6. The zero-order valence-electron chi connectivity index (χ0n) is 17.8. The largest absolute Gasteiger partial charge is 0.477 e. The van der Waals surface area contributed by atoms with Crippen LogP contribution in [0.1, 0.15) is 28.4 Å². The molecule has 1 aliphatic rings. The topological polar surface area (TPSA) is 74.6 Å². The molecule has 0 bridgehead atoms. The molecule has 2 N–H and O–H groups in total. The number of pyridine rings is 1. The third-order valence-electron chi connectivity index (χ3n) is 5.91. The number of nitrogens with zero attached hydrogens (tertiary/aromatic N) is 2. The lowest BCUT2D eigenvalue weighted by molar-refractivity contribution is 0.0695. The number of aromatic carboxylic acids is 1. The fourth-order valence-electron chi connectivity index (χ4n) is 4.43. The summed E-state index contributed by atoms with van der Waals surface area (Å²) in [5.41, 5.74) is -0.816. The molecular formula is C23H22F3N3O3. The van der Waals surface area contributed by atoms with Crippen LogP contribution in [0.15, 0.2) is 29.2 Å². The Balaban J connectivity index is 2.16. The number of halogens is 3. The lowest BCUT2D eigenvalue weighted by Gasteiger charge is -2.35. The van der Waals surface area contributed by atoms with Crippen LogP contribution in [0.2, 0.25) is 0 Å². The summed E-state index contributed by atoms with van der Waals surface area (Å²) < 4.78 is 45.1. The average Bonchev–Trinajstić information content (AvgIpc) is 2.72. The Hall–Kier alpha value is -3.33. The van der Waals surface area contributed by atoms with E-state index in [2.05, 4.69) is 5.32 Å². The van der Waals surface area contributed by atoms with Crippen LogP contribution in [-0.2, 0) is 0 Å². The summed E-state index contributed by atoms with van der Waals surface area (Å²) in [6, 6.07) is 2.97. The van der Waals surface area contributed by atoms with Crippen molar-refractivity contribution in [1.82, 2.24) is 9.88 Å². The molecule has 32 heavy (non-hydrogen) atoms. The lowest BCUT2D eigenvalue weighted by Crippen LogP contribution is -2.49. The third-order valence-corrected chi connectivity index (χ3v) is 5.91. The number of benzene rings is 2. The van der Waals surface area contributed by atoms with Crippen LogP contribution in [0.25, 0.3) is 16.6 Å². The van der Waals surface area contributed by atoms with E-state index in [1.807, 2.05) is 11.8 Å². The van der Waals surface area contributed by atoms with Crippen LogP contribution in [-0.4, -0.2) is 41.3 Å². The van der Waals surface area contributed by atoms with Crippen molar-refractivity contribution in [2.24, 2.45) is 0 Å². The number of piperazine rings is 1. The molecule has 0 amide bonds. The van der Waals surface area contributed by atoms with Gasteiger partial charge in [0.1, 0.15) is 17.2 Å². The van der Waals surface area contributed by atoms with E-state index in [1.165, 1.54) is 11.5 Å². The Morgan fingerprint density at radius 3 is 2.53 bits per heavy atom. The number of carboxylic acid groups (broad SMARTS) is 1. The summed E-state index contributed by atoms with van der Waals surface area (Å²) >= 11 is 0. The molecule has 0 radical (unpaired) electrons. The minimum atomic E-state index is -1.52. The van der Waals surface area contributed by atoms with E-state index >= 15 is 4.39 Å². The maximum Gasteiger partial charge on any atom is 0.341 e. The number of hydrogen-bond acceptors (Lipinski definition) is 4. The van der Waals surface area contributed by atoms with Gasteiger partial charge in [0.05, 0.1) is 22.3 Å². The van der Waals surface area contributed by atoms with Crippen molar-refractivity contribution in [3.63, 3.8) is 0 Å². The first-order chi connectivity index (χ1) is 15.1.